The SMILES string of the molecule is C=CCNC(=O)c1ccc(NC(=O)N[C@@H](C)c2ccccn2)cc1. The van der Waals surface area contributed by atoms with E-state index in [4.69, 9.17) is 0 Å². The summed E-state index contributed by atoms with van der Waals surface area (Å²) in [6.07, 6.45) is 3.29. The second kappa shape index (κ2) is 8.47. The van der Waals surface area contributed by atoms with Crippen LogP contribution in [0, 0.1) is 0 Å². The average molecular weight is 324 g/mol. The van der Waals surface area contributed by atoms with E-state index in [0.29, 0.717) is 17.8 Å². The molecule has 0 spiro atoms. The summed E-state index contributed by atoms with van der Waals surface area (Å²) in [5, 5.41) is 8.22. The van der Waals surface area contributed by atoms with Crippen molar-refractivity contribution in [1.29, 1.82) is 0 Å². The summed E-state index contributed by atoms with van der Waals surface area (Å²) in [6.45, 7) is 5.81. The van der Waals surface area contributed by atoms with Crippen molar-refractivity contribution in [2.75, 3.05) is 11.9 Å². The van der Waals surface area contributed by atoms with Crippen molar-refractivity contribution in [3.8, 4) is 0 Å². The monoisotopic (exact) mass is 324 g/mol. The zero-order valence-electron chi connectivity index (χ0n) is 13.5. The number of nitrogens with one attached hydrogen (secondary N) is 3. The minimum atomic E-state index is -0.336. The Balaban J connectivity index is 1.90. The van der Waals surface area contributed by atoms with E-state index in [1.54, 1.807) is 36.5 Å². The number of hydrogen-bond acceptors (Lipinski definition) is 3. The Morgan fingerprint density at radius 1 is 1.21 bits per heavy atom. The van der Waals surface area contributed by atoms with Gasteiger partial charge in [-0.3, -0.25) is 9.78 Å². The highest BCUT2D eigenvalue weighted by molar-refractivity contribution is 5.95. The number of carbonyl (C=O) groups is 2. The molecule has 1 heterocycles. The number of anilines is 1. The minimum Gasteiger partial charge on any atom is -0.349 e. The fourth-order valence-corrected chi connectivity index (χ4v) is 2.04. The number of pyridine rings is 1. The van der Waals surface area contributed by atoms with Crippen molar-refractivity contribution < 1.29 is 9.59 Å². The van der Waals surface area contributed by atoms with Crippen molar-refractivity contribution in [1.82, 2.24) is 15.6 Å². The number of nitrogens with zero attached hydrogens (tertiary/aromatic N) is 1. The first-order valence-electron chi connectivity index (χ1n) is 7.57. The number of benzene rings is 1. The zero-order chi connectivity index (χ0) is 17.4. The van der Waals surface area contributed by atoms with Gasteiger partial charge >= 0.3 is 6.03 Å². The van der Waals surface area contributed by atoms with Crippen LogP contribution in [0.4, 0.5) is 10.5 Å². The first kappa shape index (κ1) is 17.2. The lowest BCUT2D eigenvalue weighted by molar-refractivity contribution is 0.0958. The van der Waals surface area contributed by atoms with Crippen LogP contribution in [-0.4, -0.2) is 23.5 Å². The van der Waals surface area contributed by atoms with Crippen LogP contribution in [-0.2, 0) is 0 Å². The standard InChI is InChI=1S/C18H20N4O2/c1-3-11-20-17(23)14-7-9-15(10-8-14)22-18(24)21-13(2)16-6-4-5-12-19-16/h3-10,12-13H,1,11H2,2H3,(H,20,23)(H2,21,22,24)/t13-/m0/s1. The number of carbonyl (C=O) groups excluding carboxylic acids is 2. The summed E-state index contributed by atoms with van der Waals surface area (Å²) < 4.78 is 0. The molecule has 0 saturated heterocycles. The minimum absolute atomic E-state index is 0.185. The average Bonchev–Trinajstić information content (AvgIpc) is 2.61. The zero-order valence-corrected chi connectivity index (χ0v) is 13.5. The molecule has 0 aliphatic carbocycles. The largest absolute Gasteiger partial charge is 0.349 e. The van der Waals surface area contributed by atoms with Gasteiger partial charge < -0.3 is 16.0 Å². The maximum absolute atomic E-state index is 12.0. The highest BCUT2D eigenvalue weighted by Crippen LogP contribution is 2.11. The molecule has 124 valence electrons. The Hall–Kier alpha value is -3.15. The van der Waals surface area contributed by atoms with Crippen LogP contribution in [0.2, 0.25) is 0 Å². The van der Waals surface area contributed by atoms with Gasteiger partial charge in [-0.1, -0.05) is 12.1 Å². The molecule has 2 aromatic rings. The molecule has 0 bridgehead atoms. The topological polar surface area (TPSA) is 83.1 Å². The van der Waals surface area contributed by atoms with Crippen LogP contribution < -0.4 is 16.0 Å². The number of hydrogen-bond donors (Lipinski definition) is 3. The lowest BCUT2D eigenvalue weighted by atomic mass is 10.2. The first-order valence-corrected chi connectivity index (χ1v) is 7.57. The number of rotatable bonds is 6. The highest BCUT2D eigenvalue weighted by atomic mass is 16.2. The molecule has 24 heavy (non-hydrogen) atoms. The molecule has 0 saturated carbocycles. The van der Waals surface area contributed by atoms with Crippen molar-refractivity contribution in [3.05, 3.63) is 72.6 Å². The molecule has 0 radical (unpaired) electrons. The second-order valence-electron chi connectivity index (χ2n) is 5.15. The van der Waals surface area contributed by atoms with E-state index in [1.807, 2.05) is 25.1 Å². The van der Waals surface area contributed by atoms with Gasteiger partial charge in [0.05, 0.1) is 11.7 Å². The molecule has 0 unspecified atom stereocenters. The Labute approximate surface area is 141 Å². The summed E-state index contributed by atoms with van der Waals surface area (Å²) in [6, 6.07) is 11.6. The van der Waals surface area contributed by atoms with Crippen molar-refractivity contribution in [3.63, 3.8) is 0 Å². The molecule has 0 aliphatic rings. The number of aromatic nitrogens is 1. The summed E-state index contributed by atoms with van der Waals surface area (Å²) in [7, 11) is 0. The van der Waals surface area contributed by atoms with Gasteiger partial charge in [-0.05, 0) is 43.3 Å². The third kappa shape index (κ3) is 4.95. The van der Waals surface area contributed by atoms with E-state index in [1.165, 1.54) is 0 Å². The molecule has 3 N–H and O–H groups in total. The van der Waals surface area contributed by atoms with Crippen molar-refractivity contribution in [2.45, 2.75) is 13.0 Å². The maximum atomic E-state index is 12.0. The number of urea groups is 1. The van der Waals surface area contributed by atoms with Crippen molar-refractivity contribution >= 4 is 17.6 Å². The Bertz CT molecular complexity index is 699. The van der Waals surface area contributed by atoms with Gasteiger partial charge in [0.25, 0.3) is 5.91 Å². The first-order chi connectivity index (χ1) is 11.6. The van der Waals surface area contributed by atoms with Crippen LogP contribution in [0.25, 0.3) is 0 Å². The van der Waals surface area contributed by atoms with Crippen molar-refractivity contribution in [2.24, 2.45) is 0 Å². The van der Waals surface area contributed by atoms with Crippen LogP contribution in [0.5, 0.6) is 0 Å². The summed E-state index contributed by atoms with van der Waals surface area (Å²) in [5.41, 5.74) is 1.90. The second-order valence-corrected chi connectivity index (χ2v) is 5.15. The van der Waals surface area contributed by atoms with Gasteiger partial charge in [0.2, 0.25) is 0 Å². The quantitative estimate of drug-likeness (QED) is 0.715. The highest BCUT2D eigenvalue weighted by Gasteiger charge is 2.10. The van der Waals surface area contributed by atoms with E-state index in [-0.39, 0.29) is 18.0 Å². The molecular formula is C18H20N4O2. The molecule has 3 amide bonds. The predicted octanol–water partition coefficient (Wildman–Crippen LogP) is 2.88. The molecule has 1 aromatic carbocycles. The van der Waals surface area contributed by atoms with Gasteiger partial charge in [0.15, 0.2) is 0 Å². The van der Waals surface area contributed by atoms with Crippen LogP contribution in [0.15, 0.2) is 61.3 Å². The van der Waals surface area contributed by atoms with Gasteiger partial charge in [-0.2, -0.15) is 0 Å². The van der Waals surface area contributed by atoms with Gasteiger partial charge in [0.1, 0.15) is 0 Å². The lowest BCUT2D eigenvalue weighted by Crippen LogP contribution is -2.31. The molecule has 6 nitrogen and oxygen atoms in total. The third-order valence-corrected chi connectivity index (χ3v) is 3.29. The molecule has 1 aromatic heterocycles. The molecule has 2 rings (SSSR count). The van der Waals surface area contributed by atoms with E-state index in [0.717, 1.165) is 5.69 Å². The smallest absolute Gasteiger partial charge is 0.319 e. The maximum Gasteiger partial charge on any atom is 0.319 e. The van der Waals surface area contributed by atoms with E-state index < -0.39 is 0 Å². The number of amides is 3. The predicted molar refractivity (Wildman–Crippen MR) is 93.8 cm³/mol. The van der Waals surface area contributed by atoms with E-state index >= 15 is 0 Å². The van der Waals surface area contributed by atoms with E-state index in [2.05, 4.69) is 27.5 Å². The molecule has 6 heteroatoms. The third-order valence-electron chi connectivity index (χ3n) is 3.29. The summed E-state index contributed by atoms with van der Waals surface area (Å²) in [5.74, 6) is -0.185. The Morgan fingerprint density at radius 3 is 2.58 bits per heavy atom. The Morgan fingerprint density at radius 2 is 1.96 bits per heavy atom. The summed E-state index contributed by atoms with van der Waals surface area (Å²) in [4.78, 5) is 28.0. The molecule has 0 fully saturated rings. The van der Waals surface area contributed by atoms with Crippen LogP contribution in [0.1, 0.15) is 29.0 Å². The molecular weight excluding hydrogens is 304 g/mol. The van der Waals surface area contributed by atoms with Crippen LogP contribution in [0.3, 0.4) is 0 Å². The lowest BCUT2D eigenvalue weighted by Gasteiger charge is -2.14. The van der Waals surface area contributed by atoms with Crippen LogP contribution >= 0.6 is 0 Å². The normalized spacial score (nSPS) is 11.2. The van der Waals surface area contributed by atoms with Gasteiger partial charge in [-0.25, -0.2) is 4.79 Å². The summed E-state index contributed by atoms with van der Waals surface area (Å²) >= 11 is 0. The van der Waals surface area contributed by atoms with Gasteiger partial charge in [0, 0.05) is 24.0 Å². The fourth-order valence-electron chi connectivity index (χ4n) is 2.04. The van der Waals surface area contributed by atoms with E-state index in [9.17, 15) is 9.59 Å². The Kier molecular flexibility index (Phi) is 6.08. The van der Waals surface area contributed by atoms with Gasteiger partial charge in [-0.15, -0.1) is 6.58 Å². The molecule has 0 aliphatic heterocycles. The molecule has 1 atom stereocenters. The fraction of sp³-hybridized carbons (Fsp3) is 0.167.